The van der Waals surface area contributed by atoms with Crippen LogP contribution in [-0.2, 0) is 11.3 Å². The number of nitrogens with two attached hydrogens (primary N) is 1. The van der Waals surface area contributed by atoms with Crippen molar-refractivity contribution in [1.29, 1.82) is 0 Å². The van der Waals surface area contributed by atoms with E-state index >= 15 is 0 Å². The zero-order valence-electron chi connectivity index (χ0n) is 18.0. The first-order valence-corrected chi connectivity index (χ1v) is 10.8. The first-order chi connectivity index (χ1) is 15.5. The SMILES string of the molecule is CCOc1ccc([C@@H](c2nnnn2Cc2ccc(F)cc2)N2CCC(C(N)=O)CC2)cc1. The number of primary amides is 1. The van der Waals surface area contributed by atoms with Gasteiger partial charge in [-0.05, 0) is 78.7 Å². The highest BCUT2D eigenvalue weighted by atomic mass is 19.1. The second-order valence-corrected chi connectivity index (χ2v) is 7.94. The van der Waals surface area contributed by atoms with Crippen molar-refractivity contribution in [3.63, 3.8) is 0 Å². The van der Waals surface area contributed by atoms with Crippen LogP contribution in [0.4, 0.5) is 4.39 Å². The van der Waals surface area contributed by atoms with E-state index in [1.54, 1.807) is 16.8 Å². The van der Waals surface area contributed by atoms with Crippen LogP contribution in [0.25, 0.3) is 0 Å². The third-order valence-corrected chi connectivity index (χ3v) is 5.85. The summed E-state index contributed by atoms with van der Waals surface area (Å²) in [5.74, 6) is 0.852. The topological polar surface area (TPSA) is 99.2 Å². The van der Waals surface area contributed by atoms with Crippen molar-refractivity contribution in [1.82, 2.24) is 25.1 Å². The largest absolute Gasteiger partial charge is 0.494 e. The Balaban J connectivity index is 1.64. The smallest absolute Gasteiger partial charge is 0.220 e. The van der Waals surface area contributed by atoms with Crippen LogP contribution in [0.15, 0.2) is 48.5 Å². The number of rotatable bonds is 8. The number of hydrogen-bond donors (Lipinski definition) is 1. The molecular formula is C23H27FN6O2. The molecule has 1 aromatic heterocycles. The van der Waals surface area contributed by atoms with Gasteiger partial charge in [0.1, 0.15) is 11.6 Å². The van der Waals surface area contributed by atoms with E-state index in [-0.39, 0.29) is 23.7 Å². The van der Waals surface area contributed by atoms with Gasteiger partial charge in [-0.15, -0.1) is 5.10 Å². The third kappa shape index (κ3) is 4.94. The summed E-state index contributed by atoms with van der Waals surface area (Å²) < 4.78 is 20.6. The molecule has 3 aromatic rings. The average molecular weight is 439 g/mol. The second-order valence-electron chi connectivity index (χ2n) is 7.94. The minimum atomic E-state index is -0.282. The summed E-state index contributed by atoms with van der Waals surface area (Å²) in [6.07, 6.45) is 1.39. The number of aromatic nitrogens is 4. The maximum atomic E-state index is 13.3. The van der Waals surface area contributed by atoms with Crippen molar-refractivity contribution >= 4 is 5.91 Å². The van der Waals surface area contributed by atoms with Gasteiger partial charge in [0.2, 0.25) is 5.91 Å². The van der Waals surface area contributed by atoms with Gasteiger partial charge in [-0.1, -0.05) is 24.3 Å². The van der Waals surface area contributed by atoms with E-state index in [4.69, 9.17) is 10.5 Å². The number of piperidine rings is 1. The Morgan fingerprint density at radius 2 is 1.84 bits per heavy atom. The third-order valence-electron chi connectivity index (χ3n) is 5.85. The molecule has 1 saturated heterocycles. The van der Waals surface area contributed by atoms with E-state index in [2.05, 4.69) is 20.4 Å². The highest BCUT2D eigenvalue weighted by Crippen LogP contribution is 2.32. The molecule has 0 unspecified atom stereocenters. The van der Waals surface area contributed by atoms with Gasteiger partial charge in [0, 0.05) is 5.92 Å². The Morgan fingerprint density at radius 1 is 1.16 bits per heavy atom. The van der Waals surface area contributed by atoms with Crippen molar-refractivity contribution in [2.75, 3.05) is 19.7 Å². The Kier molecular flexibility index (Phi) is 6.75. The van der Waals surface area contributed by atoms with E-state index < -0.39 is 0 Å². The van der Waals surface area contributed by atoms with Crippen LogP contribution >= 0.6 is 0 Å². The zero-order chi connectivity index (χ0) is 22.5. The molecule has 1 amide bonds. The van der Waals surface area contributed by atoms with Gasteiger partial charge in [-0.2, -0.15) is 0 Å². The molecule has 1 fully saturated rings. The molecule has 9 heteroatoms. The van der Waals surface area contributed by atoms with Crippen molar-refractivity contribution < 1.29 is 13.9 Å². The lowest BCUT2D eigenvalue weighted by molar-refractivity contribution is -0.123. The number of benzene rings is 2. The van der Waals surface area contributed by atoms with Crippen LogP contribution in [0.5, 0.6) is 5.75 Å². The molecular weight excluding hydrogens is 411 g/mol. The summed E-state index contributed by atoms with van der Waals surface area (Å²) in [6, 6.07) is 14.0. The number of amides is 1. The molecule has 0 spiro atoms. The second kappa shape index (κ2) is 9.86. The van der Waals surface area contributed by atoms with E-state index in [9.17, 15) is 9.18 Å². The van der Waals surface area contributed by atoms with Gasteiger partial charge >= 0.3 is 0 Å². The Labute approximate surface area is 186 Å². The molecule has 0 radical (unpaired) electrons. The standard InChI is InChI=1S/C23H27FN6O2/c1-2-32-20-9-5-17(6-10-20)21(29-13-11-18(12-14-29)22(25)31)23-26-27-28-30(23)15-16-3-7-19(24)8-4-16/h3-10,18,21H,2,11-15H2,1H3,(H2,25,31)/t21-/m0/s1. The molecule has 1 aliphatic rings. The lowest BCUT2D eigenvalue weighted by Gasteiger charge is -2.36. The predicted molar refractivity (Wildman–Crippen MR) is 116 cm³/mol. The van der Waals surface area contributed by atoms with Crippen LogP contribution in [0.1, 0.15) is 42.8 Å². The molecule has 168 valence electrons. The summed E-state index contributed by atoms with van der Waals surface area (Å²) in [4.78, 5) is 13.9. The van der Waals surface area contributed by atoms with Gasteiger partial charge in [0.15, 0.2) is 5.82 Å². The molecule has 2 N–H and O–H groups in total. The monoisotopic (exact) mass is 438 g/mol. The average Bonchev–Trinajstić information content (AvgIpc) is 3.25. The van der Waals surface area contributed by atoms with E-state index in [1.165, 1.54) is 12.1 Å². The number of tetrazole rings is 1. The van der Waals surface area contributed by atoms with Crippen LogP contribution in [0.2, 0.25) is 0 Å². The molecule has 1 aliphatic heterocycles. The van der Waals surface area contributed by atoms with Gasteiger partial charge in [-0.3, -0.25) is 9.69 Å². The quantitative estimate of drug-likeness (QED) is 0.580. The predicted octanol–water partition coefficient (Wildman–Crippen LogP) is 2.55. The Morgan fingerprint density at radius 3 is 2.47 bits per heavy atom. The fourth-order valence-electron chi connectivity index (χ4n) is 4.16. The minimum absolute atomic E-state index is 0.109. The van der Waals surface area contributed by atoms with Crippen LogP contribution in [-0.4, -0.2) is 50.7 Å². The first kappa shape index (κ1) is 21.9. The van der Waals surface area contributed by atoms with Crippen molar-refractivity contribution in [2.24, 2.45) is 11.7 Å². The van der Waals surface area contributed by atoms with Crippen LogP contribution in [0.3, 0.4) is 0 Å². The van der Waals surface area contributed by atoms with Gasteiger partial charge < -0.3 is 10.5 Å². The highest BCUT2D eigenvalue weighted by Gasteiger charge is 2.32. The van der Waals surface area contributed by atoms with Gasteiger partial charge in [0.25, 0.3) is 0 Å². The lowest BCUT2D eigenvalue weighted by atomic mass is 9.93. The summed E-state index contributed by atoms with van der Waals surface area (Å²) in [6.45, 7) is 4.38. The van der Waals surface area contributed by atoms with Gasteiger partial charge in [-0.25, -0.2) is 9.07 Å². The summed E-state index contributed by atoms with van der Waals surface area (Å²) in [5, 5.41) is 12.5. The maximum Gasteiger partial charge on any atom is 0.220 e. The lowest BCUT2D eigenvalue weighted by Crippen LogP contribution is -2.41. The van der Waals surface area contributed by atoms with E-state index in [1.807, 2.05) is 31.2 Å². The fourth-order valence-corrected chi connectivity index (χ4v) is 4.16. The Hall–Kier alpha value is -3.33. The maximum absolute atomic E-state index is 13.3. The van der Waals surface area contributed by atoms with Crippen LogP contribution < -0.4 is 10.5 Å². The highest BCUT2D eigenvalue weighted by molar-refractivity contribution is 5.76. The Bertz CT molecular complexity index is 1030. The number of carbonyl (C=O) groups excluding carboxylic acids is 1. The number of nitrogens with zero attached hydrogens (tertiary/aromatic N) is 5. The van der Waals surface area contributed by atoms with Crippen molar-refractivity contribution in [3.8, 4) is 5.75 Å². The van der Waals surface area contributed by atoms with Gasteiger partial charge in [0.05, 0.1) is 19.2 Å². The summed E-state index contributed by atoms with van der Waals surface area (Å²) in [7, 11) is 0. The number of hydrogen-bond acceptors (Lipinski definition) is 6. The fraction of sp³-hybridized carbons (Fsp3) is 0.391. The number of ether oxygens (including phenoxy) is 1. The number of carbonyl (C=O) groups is 1. The molecule has 8 nitrogen and oxygen atoms in total. The molecule has 1 atom stereocenters. The first-order valence-electron chi connectivity index (χ1n) is 10.8. The molecule has 0 aliphatic carbocycles. The van der Waals surface area contributed by atoms with Crippen molar-refractivity contribution in [2.45, 2.75) is 32.4 Å². The number of likely N-dealkylation sites (tertiary alicyclic amines) is 1. The van der Waals surface area contributed by atoms with E-state index in [0.717, 1.165) is 16.9 Å². The normalized spacial score (nSPS) is 16.1. The summed E-state index contributed by atoms with van der Waals surface area (Å²) in [5.41, 5.74) is 7.46. The molecule has 32 heavy (non-hydrogen) atoms. The minimum Gasteiger partial charge on any atom is -0.494 e. The van der Waals surface area contributed by atoms with Crippen molar-refractivity contribution in [3.05, 3.63) is 71.3 Å². The number of halogens is 1. The summed E-state index contributed by atoms with van der Waals surface area (Å²) >= 11 is 0. The molecule has 0 saturated carbocycles. The molecule has 4 rings (SSSR count). The zero-order valence-corrected chi connectivity index (χ0v) is 18.0. The van der Waals surface area contributed by atoms with E-state index in [0.29, 0.717) is 44.9 Å². The molecule has 2 aromatic carbocycles. The van der Waals surface area contributed by atoms with Crippen LogP contribution in [0, 0.1) is 11.7 Å². The molecule has 0 bridgehead atoms. The molecule has 2 heterocycles.